The Balaban J connectivity index is 1.61. The van der Waals surface area contributed by atoms with Crippen LogP contribution in [-0.2, 0) is 0 Å². The van der Waals surface area contributed by atoms with Crippen molar-refractivity contribution >= 4 is 17.2 Å². The Morgan fingerprint density at radius 3 is 2.75 bits per heavy atom. The van der Waals surface area contributed by atoms with E-state index in [-0.39, 0.29) is 17.3 Å². The molecule has 0 saturated heterocycles. The van der Waals surface area contributed by atoms with Gasteiger partial charge in [0.2, 0.25) is 0 Å². The lowest BCUT2D eigenvalue weighted by Gasteiger charge is -2.21. The van der Waals surface area contributed by atoms with Gasteiger partial charge in [-0.15, -0.1) is 0 Å². The van der Waals surface area contributed by atoms with Gasteiger partial charge in [0.05, 0.1) is 37.4 Å². The zero-order chi connectivity index (χ0) is 19.7. The van der Waals surface area contributed by atoms with Gasteiger partial charge in [-0.3, -0.25) is 9.48 Å². The van der Waals surface area contributed by atoms with E-state index in [0.29, 0.717) is 11.4 Å². The topological polar surface area (TPSA) is 86.3 Å². The third-order valence-corrected chi connectivity index (χ3v) is 4.98. The molecular formula is C18H20F2N6O2. The number of anilines is 1. The number of ether oxygens (including phenoxy) is 1. The van der Waals surface area contributed by atoms with Crippen LogP contribution in [0.1, 0.15) is 60.6 Å². The van der Waals surface area contributed by atoms with Crippen LogP contribution in [0.3, 0.4) is 0 Å². The molecule has 0 aromatic carbocycles. The van der Waals surface area contributed by atoms with E-state index in [4.69, 9.17) is 4.74 Å². The van der Waals surface area contributed by atoms with Crippen LogP contribution in [0.4, 0.5) is 14.5 Å². The number of methoxy groups -OCH3 is 1. The summed E-state index contributed by atoms with van der Waals surface area (Å²) in [7, 11) is 1.50. The van der Waals surface area contributed by atoms with Crippen molar-refractivity contribution in [2.45, 2.75) is 44.6 Å². The fraction of sp³-hybridized carbons (Fsp3) is 0.444. The summed E-state index contributed by atoms with van der Waals surface area (Å²) in [5.41, 5.74) is 0.0633. The predicted octanol–water partition coefficient (Wildman–Crippen LogP) is 3.63. The molecule has 10 heteroatoms. The van der Waals surface area contributed by atoms with Crippen LogP contribution in [0.2, 0.25) is 0 Å². The van der Waals surface area contributed by atoms with Gasteiger partial charge >= 0.3 is 0 Å². The van der Waals surface area contributed by atoms with E-state index in [2.05, 4.69) is 20.5 Å². The Morgan fingerprint density at radius 1 is 1.25 bits per heavy atom. The summed E-state index contributed by atoms with van der Waals surface area (Å²) in [6.07, 6.45) is 8.13. The standard InChI is InChI=1S/C18H20F2N6O2/c1-28-12-7-21-17-13(8-22-26(17)9-12)18(27)23-14-10-25(24-15(14)16(19)20)11-5-3-2-4-6-11/h7-11,16H,2-6H2,1H3,(H,23,27). The van der Waals surface area contributed by atoms with Crippen LogP contribution in [0, 0.1) is 0 Å². The molecule has 0 unspecified atom stereocenters. The highest BCUT2D eigenvalue weighted by molar-refractivity contribution is 6.08. The number of nitrogens with one attached hydrogen (secondary N) is 1. The maximum Gasteiger partial charge on any atom is 0.284 e. The number of hydrogen-bond donors (Lipinski definition) is 1. The largest absolute Gasteiger partial charge is 0.494 e. The van der Waals surface area contributed by atoms with Crippen molar-refractivity contribution < 1.29 is 18.3 Å². The molecule has 0 aliphatic heterocycles. The molecule has 3 aromatic heterocycles. The molecule has 1 fully saturated rings. The summed E-state index contributed by atoms with van der Waals surface area (Å²) in [4.78, 5) is 16.8. The average Bonchev–Trinajstić information content (AvgIpc) is 3.32. The number of carbonyl (C=O) groups excluding carboxylic acids is 1. The van der Waals surface area contributed by atoms with Crippen molar-refractivity contribution in [1.82, 2.24) is 24.4 Å². The van der Waals surface area contributed by atoms with Crippen LogP contribution in [0.15, 0.2) is 24.8 Å². The van der Waals surface area contributed by atoms with Crippen molar-refractivity contribution in [2.75, 3.05) is 12.4 Å². The molecule has 0 atom stereocenters. The normalized spacial score (nSPS) is 15.3. The quantitative estimate of drug-likeness (QED) is 0.719. The smallest absolute Gasteiger partial charge is 0.284 e. The number of amides is 1. The van der Waals surface area contributed by atoms with Crippen LogP contribution in [-0.4, -0.2) is 37.4 Å². The average molecular weight is 390 g/mol. The lowest BCUT2D eigenvalue weighted by atomic mass is 9.96. The molecule has 1 amide bonds. The third-order valence-electron chi connectivity index (χ3n) is 4.98. The van der Waals surface area contributed by atoms with Crippen LogP contribution in [0.5, 0.6) is 5.75 Å². The molecule has 0 spiro atoms. The Bertz CT molecular complexity index is 993. The number of aromatic nitrogens is 5. The second-order valence-electron chi connectivity index (χ2n) is 6.77. The Hall–Kier alpha value is -3.04. The number of nitrogens with zero attached hydrogens (tertiary/aromatic N) is 5. The van der Waals surface area contributed by atoms with Crippen molar-refractivity contribution in [3.8, 4) is 5.75 Å². The van der Waals surface area contributed by atoms with E-state index in [0.717, 1.165) is 32.1 Å². The lowest BCUT2D eigenvalue weighted by molar-refractivity contribution is 0.102. The predicted molar refractivity (Wildman–Crippen MR) is 96.8 cm³/mol. The number of rotatable bonds is 5. The second-order valence-corrected chi connectivity index (χ2v) is 6.77. The van der Waals surface area contributed by atoms with E-state index in [9.17, 15) is 13.6 Å². The van der Waals surface area contributed by atoms with Crippen LogP contribution >= 0.6 is 0 Å². The zero-order valence-corrected chi connectivity index (χ0v) is 15.3. The Morgan fingerprint density at radius 2 is 2.04 bits per heavy atom. The number of alkyl halides is 2. The maximum atomic E-state index is 13.5. The van der Waals surface area contributed by atoms with Crippen molar-refractivity contribution in [3.05, 3.63) is 36.0 Å². The number of halogens is 2. The van der Waals surface area contributed by atoms with E-state index in [1.807, 2.05) is 0 Å². The van der Waals surface area contributed by atoms with Gasteiger partial charge < -0.3 is 10.1 Å². The highest BCUT2D eigenvalue weighted by atomic mass is 19.3. The van der Waals surface area contributed by atoms with E-state index >= 15 is 0 Å². The highest BCUT2D eigenvalue weighted by Crippen LogP contribution is 2.32. The van der Waals surface area contributed by atoms with Gasteiger partial charge in [0.25, 0.3) is 12.3 Å². The number of carbonyl (C=O) groups is 1. The van der Waals surface area contributed by atoms with Crippen molar-refractivity contribution in [1.29, 1.82) is 0 Å². The first-order chi connectivity index (χ1) is 13.6. The molecule has 3 heterocycles. The second kappa shape index (κ2) is 7.53. The van der Waals surface area contributed by atoms with Gasteiger partial charge in [0.1, 0.15) is 5.56 Å². The molecule has 0 radical (unpaired) electrons. The Kier molecular flexibility index (Phi) is 4.93. The van der Waals surface area contributed by atoms with Gasteiger partial charge in [-0.1, -0.05) is 19.3 Å². The molecule has 4 rings (SSSR count). The fourth-order valence-electron chi connectivity index (χ4n) is 3.51. The molecule has 1 aliphatic carbocycles. The van der Waals surface area contributed by atoms with Gasteiger partial charge in [-0.2, -0.15) is 10.2 Å². The minimum Gasteiger partial charge on any atom is -0.494 e. The van der Waals surface area contributed by atoms with Gasteiger partial charge in [0.15, 0.2) is 17.1 Å². The summed E-state index contributed by atoms with van der Waals surface area (Å²) < 4.78 is 35.0. The van der Waals surface area contributed by atoms with Crippen molar-refractivity contribution in [2.24, 2.45) is 0 Å². The van der Waals surface area contributed by atoms with Crippen LogP contribution < -0.4 is 10.1 Å². The minimum absolute atomic E-state index is 0.0124. The summed E-state index contributed by atoms with van der Waals surface area (Å²) >= 11 is 0. The first kappa shape index (κ1) is 18.3. The summed E-state index contributed by atoms with van der Waals surface area (Å²) in [5.74, 6) is -0.0888. The summed E-state index contributed by atoms with van der Waals surface area (Å²) in [6.45, 7) is 0. The minimum atomic E-state index is -2.79. The zero-order valence-electron chi connectivity index (χ0n) is 15.3. The molecule has 3 aromatic rings. The number of fused-ring (bicyclic) bond motifs is 1. The van der Waals surface area contributed by atoms with Gasteiger partial charge in [-0.25, -0.2) is 18.3 Å². The van der Waals surface area contributed by atoms with E-state index in [1.165, 1.54) is 30.2 Å². The van der Waals surface area contributed by atoms with Gasteiger partial charge in [0, 0.05) is 6.20 Å². The lowest BCUT2D eigenvalue weighted by Crippen LogP contribution is -2.13. The van der Waals surface area contributed by atoms with Crippen molar-refractivity contribution in [3.63, 3.8) is 0 Å². The molecule has 1 saturated carbocycles. The first-order valence-corrected chi connectivity index (χ1v) is 9.12. The van der Waals surface area contributed by atoms with Gasteiger partial charge in [-0.05, 0) is 12.8 Å². The van der Waals surface area contributed by atoms with Crippen LogP contribution in [0.25, 0.3) is 5.65 Å². The third kappa shape index (κ3) is 3.41. The van der Waals surface area contributed by atoms with E-state index in [1.54, 1.807) is 10.9 Å². The highest BCUT2D eigenvalue weighted by Gasteiger charge is 2.25. The number of hydrogen-bond acceptors (Lipinski definition) is 5. The molecule has 1 N–H and O–H groups in total. The van der Waals surface area contributed by atoms with E-state index < -0.39 is 18.0 Å². The molecule has 8 nitrogen and oxygen atoms in total. The fourth-order valence-corrected chi connectivity index (χ4v) is 3.51. The Labute approximate surface area is 159 Å². The summed E-state index contributed by atoms with van der Waals surface area (Å²) in [6, 6.07) is 0.0861. The molecule has 28 heavy (non-hydrogen) atoms. The molecule has 0 bridgehead atoms. The molecular weight excluding hydrogens is 370 g/mol. The first-order valence-electron chi connectivity index (χ1n) is 9.12. The molecule has 1 aliphatic rings. The SMILES string of the molecule is COc1cnc2c(C(=O)Nc3cn(C4CCCCC4)nc3C(F)F)cnn2c1. The molecule has 148 valence electrons. The monoisotopic (exact) mass is 390 g/mol. The summed E-state index contributed by atoms with van der Waals surface area (Å²) in [5, 5.41) is 10.7. The maximum absolute atomic E-state index is 13.5.